The van der Waals surface area contributed by atoms with Gasteiger partial charge in [-0.25, -0.2) is 8.42 Å². The maximum Gasteiger partial charge on any atom is 0.244 e. The van der Waals surface area contributed by atoms with E-state index in [4.69, 9.17) is 0 Å². The molecule has 4 rings (SSSR count). The zero-order valence-electron chi connectivity index (χ0n) is 19.6. The molecule has 7 nitrogen and oxygen atoms in total. The second kappa shape index (κ2) is 10.0. The number of anilines is 1. The van der Waals surface area contributed by atoms with Crippen LogP contribution < -0.4 is 4.90 Å². The van der Waals surface area contributed by atoms with Gasteiger partial charge in [-0.05, 0) is 65.7 Å². The van der Waals surface area contributed by atoms with Gasteiger partial charge in [0.25, 0.3) is 0 Å². The van der Waals surface area contributed by atoms with Crippen LogP contribution in [0.5, 0.6) is 0 Å². The first kappa shape index (κ1) is 24.7. The van der Waals surface area contributed by atoms with E-state index in [-0.39, 0.29) is 35.2 Å². The highest BCUT2D eigenvalue weighted by Gasteiger charge is 2.37. The van der Waals surface area contributed by atoms with Gasteiger partial charge in [-0.3, -0.25) is 9.59 Å². The highest BCUT2D eigenvalue weighted by molar-refractivity contribution is 9.10. The lowest BCUT2D eigenvalue weighted by molar-refractivity contribution is -0.138. The van der Waals surface area contributed by atoms with Crippen molar-refractivity contribution in [3.05, 3.63) is 22.2 Å². The van der Waals surface area contributed by atoms with Crippen molar-refractivity contribution in [1.82, 2.24) is 9.21 Å². The van der Waals surface area contributed by atoms with Crippen LogP contribution in [0.3, 0.4) is 0 Å². The minimum atomic E-state index is -3.81. The van der Waals surface area contributed by atoms with Crippen molar-refractivity contribution < 1.29 is 18.0 Å². The molecule has 2 heterocycles. The van der Waals surface area contributed by atoms with E-state index >= 15 is 0 Å². The van der Waals surface area contributed by atoms with Gasteiger partial charge < -0.3 is 9.80 Å². The van der Waals surface area contributed by atoms with Crippen LogP contribution in [0.4, 0.5) is 5.69 Å². The Labute approximate surface area is 205 Å². The number of carbonyl (C=O) groups excluding carboxylic acids is 2. The fourth-order valence-corrected chi connectivity index (χ4v) is 8.07. The van der Waals surface area contributed by atoms with Gasteiger partial charge in [-0.15, -0.1) is 0 Å². The monoisotopic (exact) mass is 539 g/mol. The largest absolute Gasteiger partial charge is 0.342 e. The van der Waals surface area contributed by atoms with Crippen molar-refractivity contribution in [2.75, 3.05) is 31.6 Å². The molecular weight excluding hydrogens is 506 g/mol. The van der Waals surface area contributed by atoms with E-state index in [1.54, 1.807) is 11.0 Å². The van der Waals surface area contributed by atoms with Crippen molar-refractivity contribution in [1.29, 1.82) is 0 Å². The summed E-state index contributed by atoms with van der Waals surface area (Å²) in [6.07, 6.45) is 8.07. The molecule has 1 saturated heterocycles. The maximum atomic E-state index is 13.7. The quantitative estimate of drug-likeness (QED) is 0.567. The van der Waals surface area contributed by atoms with Gasteiger partial charge in [0.05, 0.1) is 10.8 Å². The number of halogens is 1. The van der Waals surface area contributed by atoms with Crippen molar-refractivity contribution in [3.8, 4) is 0 Å². The molecule has 182 valence electrons. The highest BCUT2D eigenvalue weighted by Crippen LogP contribution is 2.38. The van der Waals surface area contributed by atoms with E-state index < -0.39 is 10.0 Å². The van der Waals surface area contributed by atoms with E-state index in [9.17, 15) is 18.0 Å². The van der Waals surface area contributed by atoms with E-state index in [2.05, 4.69) is 15.9 Å². The van der Waals surface area contributed by atoms with Crippen LogP contribution in [0, 0.1) is 5.92 Å². The number of sulfonamides is 1. The lowest BCUT2D eigenvalue weighted by atomic mass is 9.92. The molecule has 1 atom stereocenters. The summed E-state index contributed by atoms with van der Waals surface area (Å²) in [6, 6.07) is 3.73. The standard InChI is InChI=1S/C24H34BrN3O4S/c1-3-23(29)28-13-11-17-14-20(25)22(15-21(17)28)33(31,32)27-12-7-8-18(16-27)24(30)26(2)19-9-5-4-6-10-19/h14-15,18-19H,3-13,16H2,1-2H3/t18-/m1/s1. The summed E-state index contributed by atoms with van der Waals surface area (Å²) in [5.74, 6) is -0.254. The fraction of sp³-hybridized carbons (Fsp3) is 0.667. The minimum absolute atomic E-state index is 0.00574. The molecule has 1 saturated carbocycles. The number of hydrogen-bond acceptors (Lipinski definition) is 4. The summed E-state index contributed by atoms with van der Waals surface area (Å²) in [5.41, 5.74) is 1.66. The first-order chi connectivity index (χ1) is 15.7. The molecule has 2 fully saturated rings. The van der Waals surface area contributed by atoms with Crippen molar-refractivity contribution in [2.24, 2.45) is 5.92 Å². The highest BCUT2D eigenvalue weighted by atomic mass is 79.9. The average Bonchev–Trinajstić information content (AvgIpc) is 3.25. The molecule has 2 aliphatic heterocycles. The third kappa shape index (κ3) is 4.86. The molecule has 2 amide bonds. The molecule has 9 heteroatoms. The third-order valence-electron chi connectivity index (χ3n) is 7.45. The molecule has 0 unspecified atom stereocenters. The van der Waals surface area contributed by atoms with Crippen LogP contribution in [0.1, 0.15) is 63.9 Å². The Morgan fingerprint density at radius 1 is 1.09 bits per heavy atom. The minimum Gasteiger partial charge on any atom is -0.342 e. The van der Waals surface area contributed by atoms with E-state index in [1.807, 2.05) is 24.9 Å². The molecule has 0 spiro atoms. The zero-order chi connectivity index (χ0) is 23.8. The normalized spacial score (nSPS) is 22.3. The summed E-state index contributed by atoms with van der Waals surface area (Å²) < 4.78 is 29.3. The smallest absolute Gasteiger partial charge is 0.244 e. The predicted molar refractivity (Wildman–Crippen MR) is 132 cm³/mol. The van der Waals surface area contributed by atoms with Crippen molar-refractivity contribution >= 4 is 43.5 Å². The topological polar surface area (TPSA) is 78.0 Å². The van der Waals surface area contributed by atoms with Crippen LogP contribution in [-0.4, -0.2) is 62.2 Å². The predicted octanol–water partition coefficient (Wildman–Crippen LogP) is 3.94. The lowest BCUT2D eigenvalue weighted by Gasteiger charge is -2.37. The summed E-state index contributed by atoms with van der Waals surface area (Å²) >= 11 is 3.46. The summed E-state index contributed by atoms with van der Waals surface area (Å²) in [6.45, 7) is 3.00. The molecule has 1 aromatic carbocycles. The number of nitrogens with zero attached hydrogens (tertiary/aromatic N) is 3. The summed E-state index contributed by atoms with van der Waals surface area (Å²) in [7, 11) is -1.93. The fourth-order valence-electron chi connectivity index (χ4n) is 5.47. The number of benzene rings is 1. The number of fused-ring (bicyclic) bond motifs is 1. The third-order valence-corrected chi connectivity index (χ3v) is 10.3. The van der Waals surface area contributed by atoms with Crippen LogP contribution in [0.2, 0.25) is 0 Å². The van der Waals surface area contributed by atoms with Gasteiger partial charge in [-0.2, -0.15) is 4.31 Å². The average molecular weight is 541 g/mol. The number of carbonyl (C=O) groups is 2. The SMILES string of the molecule is CCC(=O)N1CCc2cc(Br)c(S(=O)(=O)N3CCC[C@@H](C(=O)N(C)C4CCCCC4)C3)cc21. The van der Waals surface area contributed by atoms with Crippen LogP contribution in [0.25, 0.3) is 0 Å². The molecular formula is C24H34BrN3O4S. The molecule has 1 aliphatic carbocycles. The Kier molecular flexibility index (Phi) is 7.50. The number of piperidine rings is 1. The number of amides is 2. The lowest BCUT2D eigenvalue weighted by Crippen LogP contribution is -2.48. The molecule has 0 bridgehead atoms. The zero-order valence-corrected chi connectivity index (χ0v) is 22.0. The first-order valence-corrected chi connectivity index (χ1v) is 14.4. The van der Waals surface area contributed by atoms with Crippen molar-refractivity contribution in [2.45, 2.75) is 75.6 Å². The maximum absolute atomic E-state index is 13.7. The van der Waals surface area contributed by atoms with Crippen LogP contribution in [0.15, 0.2) is 21.5 Å². The molecule has 0 N–H and O–H groups in total. The van der Waals surface area contributed by atoms with Gasteiger partial charge in [0.1, 0.15) is 0 Å². The first-order valence-electron chi connectivity index (χ1n) is 12.1. The molecule has 3 aliphatic rings. The second-order valence-electron chi connectivity index (χ2n) is 9.50. The Morgan fingerprint density at radius 2 is 1.82 bits per heavy atom. The Hall–Kier alpha value is -1.45. The molecule has 0 aromatic heterocycles. The van der Waals surface area contributed by atoms with Gasteiger partial charge in [0, 0.05) is 49.3 Å². The summed E-state index contributed by atoms with van der Waals surface area (Å²) in [5, 5.41) is 0. The van der Waals surface area contributed by atoms with E-state index in [0.29, 0.717) is 48.9 Å². The molecule has 33 heavy (non-hydrogen) atoms. The number of hydrogen-bond donors (Lipinski definition) is 0. The van der Waals surface area contributed by atoms with Crippen LogP contribution in [-0.2, 0) is 26.0 Å². The second-order valence-corrected chi connectivity index (χ2v) is 12.3. The Balaban J connectivity index is 1.55. The van der Waals surface area contributed by atoms with Crippen LogP contribution >= 0.6 is 15.9 Å². The van der Waals surface area contributed by atoms with E-state index in [0.717, 1.165) is 31.2 Å². The van der Waals surface area contributed by atoms with E-state index in [1.165, 1.54) is 10.7 Å². The van der Waals surface area contributed by atoms with Gasteiger partial charge in [0.2, 0.25) is 21.8 Å². The molecule has 0 radical (unpaired) electrons. The van der Waals surface area contributed by atoms with Gasteiger partial charge >= 0.3 is 0 Å². The van der Waals surface area contributed by atoms with Crippen molar-refractivity contribution in [3.63, 3.8) is 0 Å². The Morgan fingerprint density at radius 3 is 2.52 bits per heavy atom. The summed E-state index contributed by atoms with van der Waals surface area (Å²) in [4.78, 5) is 29.3. The number of rotatable bonds is 5. The molecule has 1 aromatic rings. The van der Waals surface area contributed by atoms with Gasteiger partial charge in [-0.1, -0.05) is 26.2 Å². The Bertz CT molecular complexity index is 1020. The van der Waals surface area contributed by atoms with Gasteiger partial charge in [0.15, 0.2) is 0 Å².